The lowest BCUT2D eigenvalue weighted by Gasteiger charge is -2.30. The second-order valence-corrected chi connectivity index (χ2v) is 7.03. The first-order valence-corrected chi connectivity index (χ1v) is 8.76. The Morgan fingerprint density at radius 1 is 1.22 bits per heavy atom. The van der Waals surface area contributed by atoms with E-state index >= 15 is 0 Å². The molecule has 0 amide bonds. The number of aliphatic hydroxyl groups is 1. The molecule has 0 spiro atoms. The van der Waals surface area contributed by atoms with E-state index in [0.717, 1.165) is 16.6 Å². The van der Waals surface area contributed by atoms with E-state index in [4.69, 9.17) is 0 Å². The van der Waals surface area contributed by atoms with Crippen LogP contribution in [-0.2, 0) is 0 Å². The van der Waals surface area contributed by atoms with Gasteiger partial charge in [-0.05, 0) is 48.9 Å². The van der Waals surface area contributed by atoms with Crippen LogP contribution in [0.4, 0.5) is 15.8 Å². The van der Waals surface area contributed by atoms with Gasteiger partial charge in [0.05, 0.1) is 11.2 Å². The maximum absolute atomic E-state index is 13.9. The van der Waals surface area contributed by atoms with Crippen LogP contribution in [0, 0.1) is 12.7 Å². The van der Waals surface area contributed by atoms with Gasteiger partial charge in [-0.3, -0.25) is 9.78 Å². The predicted molar refractivity (Wildman–Crippen MR) is 101 cm³/mol. The molecule has 0 aliphatic carbocycles. The normalized spacial score (nSPS) is 21.2. The third kappa shape index (κ3) is 2.23. The van der Waals surface area contributed by atoms with E-state index < -0.39 is 17.2 Å². The van der Waals surface area contributed by atoms with Crippen LogP contribution in [0.5, 0.6) is 0 Å². The van der Waals surface area contributed by atoms with Crippen molar-refractivity contribution in [2.75, 3.05) is 11.4 Å². The van der Waals surface area contributed by atoms with E-state index in [0.29, 0.717) is 23.6 Å². The summed E-state index contributed by atoms with van der Waals surface area (Å²) in [7, 11) is 0. The molecule has 1 atom stereocenters. The molecular weight excluding hydrogens is 345 g/mol. The van der Waals surface area contributed by atoms with Crippen molar-refractivity contribution < 1.29 is 14.3 Å². The Bertz CT molecular complexity index is 1160. The lowest BCUT2D eigenvalue weighted by molar-refractivity contribution is 0.0601. The first-order valence-electron chi connectivity index (χ1n) is 8.76. The average Bonchev–Trinajstić information content (AvgIpc) is 3.01. The predicted octanol–water partition coefficient (Wildman–Crippen LogP) is 3.55. The van der Waals surface area contributed by atoms with Gasteiger partial charge in [0.2, 0.25) is 5.78 Å². The SMILES string of the molecule is Cc1cc2c(cc1F)C(=O)C1(O)CCN(c3ccc4ncccc4c3)C1=N2. The molecule has 3 heterocycles. The van der Waals surface area contributed by atoms with Crippen molar-refractivity contribution in [2.24, 2.45) is 4.99 Å². The molecular formula is C21H16FN3O2. The summed E-state index contributed by atoms with van der Waals surface area (Å²) in [5, 5.41) is 12.0. The lowest BCUT2D eigenvalue weighted by Crippen LogP contribution is -2.48. The number of pyridine rings is 1. The van der Waals surface area contributed by atoms with Crippen molar-refractivity contribution >= 4 is 33.9 Å². The highest BCUT2D eigenvalue weighted by Gasteiger charge is 2.52. The van der Waals surface area contributed by atoms with Gasteiger partial charge in [0.25, 0.3) is 0 Å². The molecule has 2 aliphatic rings. The molecule has 5 nitrogen and oxygen atoms in total. The molecule has 3 aromatic rings. The number of rotatable bonds is 1. The van der Waals surface area contributed by atoms with Gasteiger partial charge in [0.1, 0.15) is 11.7 Å². The summed E-state index contributed by atoms with van der Waals surface area (Å²) in [5.41, 5.74) is 0.923. The monoisotopic (exact) mass is 361 g/mol. The number of anilines is 1. The molecule has 1 fully saturated rings. The first-order chi connectivity index (χ1) is 13.0. The van der Waals surface area contributed by atoms with Crippen molar-refractivity contribution in [1.29, 1.82) is 0 Å². The highest BCUT2D eigenvalue weighted by atomic mass is 19.1. The fourth-order valence-corrected chi connectivity index (χ4v) is 3.84. The van der Waals surface area contributed by atoms with Gasteiger partial charge in [0.15, 0.2) is 5.60 Å². The summed E-state index contributed by atoms with van der Waals surface area (Å²) in [6, 6.07) is 12.3. The molecule has 6 heteroatoms. The molecule has 0 radical (unpaired) electrons. The number of nitrogens with zero attached hydrogens (tertiary/aromatic N) is 3. The Kier molecular flexibility index (Phi) is 3.24. The van der Waals surface area contributed by atoms with Crippen LogP contribution in [0.2, 0.25) is 0 Å². The molecule has 0 bridgehead atoms. The summed E-state index contributed by atoms with van der Waals surface area (Å²) in [6.45, 7) is 2.08. The number of hydrogen-bond acceptors (Lipinski definition) is 5. The number of aliphatic imine (C=N–C) groups is 1. The van der Waals surface area contributed by atoms with Crippen molar-refractivity contribution in [1.82, 2.24) is 4.98 Å². The van der Waals surface area contributed by atoms with E-state index in [1.165, 1.54) is 6.07 Å². The highest BCUT2D eigenvalue weighted by molar-refractivity contribution is 6.28. The Hall–Kier alpha value is -3.12. The number of fused-ring (bicyclic) bond motifs is 3. The van der Waals surface area contributed by atoms with Crippen molar-refractivity contribution in [3.05, 3.63) is 65.6 Å². The number of aromatic nitrogens is 1. The van der Waals surface area contributed by atoms with Gasteiger partial charge < -0.3 is 10.0 Å². The van der Waals surface area contributed by atoms with Crippen LogP contribution in [0.3, 0.4) is 0 Å². The van der Waals surface area contributed by atoms with Crippen LogP contribution in [-0.4, -0.2) is 33.9 Å². The molecule has 134 valence electrons. The number of carbonyl (C=O) groups is 1. The van der Waals surface area contributed by atoms with E-state index in [1.807, 2.05) is 35.2 Å². The summed E-state index contributed by atoms with van der Waals surface area (Å²) in [5.74, 6) is -0.665. The van der Waals surface area contributed by atoms with Crippen LogP contribution in [0.25, 0.3) is 10.9 Å². The molecule has 0 saturated carbocycles. The fraction of sp³-hybridized carbons (Fsp3) is 0.190. The summed E-state index contributed by atoms with van der Waals surface area (Å²) in [6.07, 6.45) is 1.95. The zero-order valence-corrected chi connectivity index (χ0v) is 14.6. The number of ketones is 1. The maximum atomic E-state index is 13.9. The Morgan fingerprint density at radius 3 is 2.93 bits per heavy atom. The number of aryl methyl sites for hydroxylation is 1. The quantitative estimate of drug-likeness (QED) is 0.720. The van der Waals surface area contributed by atoms with Crippen LogP contribution >= 0.6 is 0 Å². The maximum Gasteiger partial charge on any atom is 0.204 e. The van der Waals surface area contributed by atoms with Gasteiger partial charge in [-0.25, -0.2) is 9.38 Å². The number of hydrogen-bond donors (Lipinski definition) is 1. The number of amidine groups is 1. The smallest absolute Gasteiger partial charge is 0.204 e. The molecule has 2 aromatic carbocycles. The standard InChI is InChI=1S/C21H16FN3O2/c1-12-9-18-15(11-16(12)22)19(26)21(27)6-8-25(20(21)24-18)14-4-5-17-13(10-14)3-2-7-23-17/h2-5,7,9-11,27H,6,8H2,1H3. The molecule has 5 rings (SSSR count). The van der Waals surface area contributed by atoms with Crippen LogP contribution < -0.4 is 4.90 Å². The average molecular weight is 361 g/mol. The van der Waals surface area contributed by atoms with Gasteiger partial charge in [-0.2, -0.15) is 0 Å². The molecule has 2 aliphatic heterocycles. The molecule has 1 saturated heterocycles. The van der Waals surface area contributed by atoms with Gasteiger partial charge in [-0.15, -0.1) is 0 Å². The Morgan fingerprint density at radius 2 is 2.07 bits per heavy atom. The first kappa shape index (κ1) is 16.1. The van der Waals surface area contributed by atoms with Crippen molar-refractivity contribution in [3.63, 3.8) is 0 Å². The van der Waals surface area contributed by atoms with E-state index in [9.17, 15) is 14.3 Å². The van der Waals surface area contributed by atoms with Crippen molar-refractivity contribution in [2.45, 2.75) is 18.9 Å². The topological polar surface area (TPSA) is 65.8 Å². The second-order valence-electron chi connectivity index (χ2n) is 7.03. The van der Waals surface area contributed by atoms with E-state index in [1.54, 1.807) is 19.2 Å². The fourth-order valence-electron chi connectivity index (χ4n) is 3.84. The molecule has 1 N–H and O–H groups in total. The summed E-state index contributed by atoms with van der Waals surface area (Å²) >= 11 is 0. The van der Waals surface area contributed by atoms with Gasteiger partial charge >= 0.3 is 0 Å². The molecule has 27 heavy (non-hydrogen) atoms. The third-order valence-electron chi connectivity index (χ3n) is 5.34. The van der Waals surface area contributed by atoms with E-state index in [2.05, 4.69) is 9.98 Å². The molecule has 1 unspecified atom stereocenters. The number of halogens is 1. The van der Waals surface area contributed by atoms with Gasteiger partial charge in [-0.1, -0.05) is 6.07 Å². The number of Topliss-reactive ketones (excluding diaryl/α,β-unsaturated/α-hetero) is 1. The lowest BCUT2D eigenvalue weighted by atomic mass is 9.87. The van der Waals surface area contributed by atoms with Crippen molar-refractivity contribution in [3.8, 4) is 0 Å². The minimum absolute atomic E-state index is 0.133. The summed E-state index contributed by atoms with van der Waals surface area (Å²) < 4.78 is 13.9. The summed E-state index contributed by atoms with van der Waals surface area (Å²) in [4.78, 5) is 23.7. The highest BCUT2D eigenvalue weighted by Crippen LogP contribution is 2.40. The van der Waals surface area contributed by atoms with E-state index in [-0.39, 0.29) is 12.0 Å². The number of carbonyl (C=O) groups excluding carboxylic acids is 1. The zero-order valence-electron chi connectivity index (χ0n) is 14.6. The Balaban J connectivity index is 1.67. The number of benzene rings is 2. The zero-order chi connectivity index (χ0) is 18.8. The molecule has 1 aromatic heterocycles. The second kappa shape index (κ2) is 5.44. The minimum Gasteiger partial charge on any atom is -0.374 e. The van der Waals surface area contributed by atoms with Crippen LogP contribution in [0.1, 0.15) is 22.3 Å². The third-order valence-corrected chi connectivity index (χ3v) is 5.34. The van der Waals surface area contributed by atoms with Crippen LogP contribution in [0.15, 0.2) is 53.7 Å². The minimum atomic E-state index is -1.72. The van der Waals surface area contributed by atoms with Gasteiger partial charge in [0, 0.05) is 35.8 Å². The largest absolute Gasteiger partial charge is 0.374 e. The Labute approximate surface area is 154 Å².